The van der Waals surface area contributed by atoms with Crippen LogP contribution in [0.5, 0.6) is 11.6 Å². The second-order valence-corrected chi connectivity index (χ2v) is 5.01. The molecule has 0 aliphatic heterocycles. The third kappa shape index (κ3) is 3.68. The Bertz CT molecular complexity index is 619. The number of para-hydroxylation sites is 2. The van der Waals surface area contributed by atoms with Gasteiger partial charge in [0.1, 0.15) is 0 Å². The average Bonchev–Trinajstić information content (AvgIpc) is 2.34. The summed E-state index contributed by atoms with van der Waals surface area (Å²) < 4.78 is 6.30. The number of halogens is 2. The van der Waals surface area contributed by atoms with Crippen molar-refractivity contribution in [1.29, 1.82) is 0 Å². The number of hydrogen-bond donors (Lipinski definition) is 1. The molecule has 98 valence electrons. The van der Waals surface area contributed by atoms with Crippen LogP contribution in [-0.2, 0) is 4.79 Å². The van der Waals surface area contributed by atoms with E-state index in [1.807, 2.05) is 12.1 Å². The zero-order chi connectivity index (χ0) is 13.8. The summed E-state index contributed by atoms with van der Waals surface area (Å²) in [6.07, 6.45) is 1.49. The van der Waals surface area contributed by atoms with Gasteiger partial charge in [-0.2, -0.15) is 0 Å². The molecule has 19 heavy (non-hydrogen) atoms. The summed E-state index contributed by atoms with van der Waals surface area (Å²) in [6, 6.07) is 8.80. The first kappa shape index (κ1) is 13.8. The number of ether oxygens (including phenoxy) is 1. The van der Waals surface area contributed by atoms with Gasteiger partial charge in [0.2, 0.25) is 11.8 Å². The van der Waals surface area contributed by atoms with Gasteiger partial charge in [-0.3, -0.25) is 4.79 Å². The number of anilines is 1. The Hall–Kier alpha value is -1.59. The molecule has 1 amide bonds. The maximum atomic E-state index is 11.1. The van der Waals surface area contributed by atoms with Crippen LogP contribution in [0, 0.1) is 0 Å². The van der Waals surface area contributed by atoms with Crippen molar-refractivity contribution in [2.45, 2.75) is 6.92 Å². The molecule has 1 heterocycles. The summed E-state index contributed by atoms with van der Waals surface area (Å²) in [6.45, 7) is 1.44. The third-order valence-electron chi connectivity index (χ3n) is 2.18. The maximum absolute atomic E-state index is 11.1. The molecule has 0 spiro atoms. The molecule has 6 heteroatoms. The molecule has 0 saturated heterocycles. The van der Waals surface area contributed by atoms with Crippen LogP contribution in [0.25, 0.3) is 0 Å². The Balaban J connectivity index is 2.30. The number of nitrogens with one attached hydrogen (secondary N) is 1. The van der Waals surface area contributed by atoms with Crippen molar-refractivity contribution >= 4 is 39.1 Å². The molecule has 1 aromatic carbocycles. The predicted octanol–water partition coefficient (Wildman–Crippen LogP) is 4.25. The molecule has 1 aromatic heterocycles. The molecule has 0 atom stereocenters. The summed E-state index contributed by atoms with van der Waals surface area (Å²) in [5, 5.41) is 3.20. The summed E-state index contributed by atoms with van der Waals surface area (Å²) in [5.74, 6) is 0.717. The van der Waals surface area contributed by atoms with Gasteiger partial charge >= 0.3 is 0 Å². The van der Waals surface area contributed by atoms with Gasteiger partial charge in [-0.25, -0.2) is 4.98 Å². The van der Waals surface area contributed by atoms with Crippen LogP contribution in [0.3, 0.4) is 0 Å². The van der Waals surface area contributed by atoms with E-state index in [0.29, 0.717) is 26.8 Å². The van der Waals surface area contributed by atoms with Gasteiger partial charge in [-0.15, -0.1) is 0 Å². The van der Waals surface area contributed by atoms with Gasteiger partial charge in [0.15, 0.2) is 5.75 Å². The first-order chi connectivity index (χ1) is 9.06. The van der Waals surface area contributed by atoms with Crippen LogP contribution >= 0.6 is 27.5 Å². The van der Waals surface area contributed by atoms with E-state index in [0.717, 1.165) is 0 Å². The molecule has 4 nitrogen and oxygen atoms in total. The minimum Gasteiger partial charge on any atom is -0.436 e. The number of nitrogens with zero attached hydrogens (tertiary/aromatic N) is 1. The molecule has 0 bridgehead atoms. The fraction of sp³-hybridized carbons (Fsp3) is 0.0769. The highest BCUT2D eigenvalue weighted by atomic mass is 79.9. The van der Waals surface area contributed by atoms with Crippen molar-refractivity contribution in [3.8, 4) is 11.6 Å². The lowest BCUT2D eigenvalue weighted by Gasteiger charge is -2.11. The summed E-state index contributed by atoms with van der Waals surface area (Å²) in [4.78, 5) is 15.2. The number of aromatic nitrogens is 1. The van der Waals surface area contributed by atoms with Crippen molar-refractivity contribution in [3.63, 3.8) is 0 Å². The van der Waals surface area contributed by atoms with Crippen molar-refractivity contribution in [1.82, 2.24) is 4.98 Å². The number of carbonyl (C=O) groups is 1. The van der Waals surface area contributed by atoms with Crippen molar-refractivity contribution in [2.24, 2.45) is 0 Å². The van der Waals surface area contributed by atoms with E-state index < -0.39 is 0 Å². The van der Waals surface area contributed by atoms with Crippen LogP contribution in [0.2, 0.25) is 5.02 Å². The second kappa shape index (κ2) is 6.04. The second-order valence-electron chi connectivity index (χ2n) is 3.72. The fourth-order valence-corrected chi connectivity index (χ4v) is 2.15. The number of carbonyl (C=O) groups excluding carboxylic acids is 1. The van der Waals surface area contributed by atoms with Crippen LogP contribution in [-0.4, -0.2) is 10.9 Å². The maximum Gasteiger partial charge on any atom is 0.233 e. The summed E-state index contributed by atoms with van der Waals surface area (Å²) in [7, 11) is 0. The van der Waals surface area contributed by atoms with Gasteiger partial charge in [-0.1, -0.05) is 23.7 Å². The van der Waals surface area contributed by atoms with Gasteiger partial charge < -0.3 is 10.1 Å². The number of pyridine rings is 1. The lowest BCUT2D eigenvalue weighted by atomic mass is 10.3. The Morgan fingerprint density at radius 2 is 2.16 bits per heavy atom. The van der Waals surface area contributed by atoms with Crippen molar-refractivity contribution in [3.05, 3.63) is 46.0 Å². The highest BCUT2D eigenvalue weighted by Gasteiger charge is 2.09. The smallest absolute Gasteiger partial charge is 0.233 e. The molecule has 0 aliphatic rings. The summed E-state index contributed by atoms with van der Waals surface area (Å²) >= 11 is 9.14. The Kier molecular flexibility index (Phi) is 4.39. The molecule has 0 unspecified atom stereocenters. The lowest BCUT2D eigenvalue weighted by molar-refractivity contribution is -0.114. The minimum absolute atomic E-state index is 0.167. The topological polar surface area (TPSA) is 51.2 Å². The molecule has 2 aromatic rings. The zero-order valence-corrected chi connectivity index (χ0v) is 12.3. The number of hydrogen-bond acceptors (Lipinski definition) is 3. The van der Waals surface area contributed by atoms with Gasteiger partial charge in [0.05, 0.1) is 15.2 Å². The highest BCUT2D eigenvalue weighted by molar-refractivity contribution is 9.10. The lowest BCUT2D eigenvalue weighted by Crippen LogP contribution is -2.06. The van der Waals surface area contributed by atoms with E-state index in [-0.39, 0.29) is 5.91 Å². The largest absolute Gasteiger partial charge is 0.436 e. The molecule has 0 saturated carbocycles. The Morgan fingerprint density at radius 3 is 2.84 bits per heavy atom. The minimum atomic E-state index is -0.167. The molecule has 0 fully saturated rings. The van der Waals surface area contributed by atoms with Crippen molar-refractivity contribution < 1.29 is 9.53 Å². The summed E-state index contributed by atoms with van der Waals surface area (Å²) in [5.41, 5.74) is 0.582. The first-order valence-corrected chi connectivity index (χ1v) is 6.59. The average molecular weight is 342 g/mol. The molecule has 2 rings (SSSR count). The number of rotatable bonds is 3. The van der Waals surface area contributed by atoms with E-state index >= 15 is 0 Å². The van der Waals surface area contributed by atoms with Crippen LogP contribution in [0.15, 0.2) is 41.0 Å². The molecular formula is C13H10BrClN2O2. The first-order valence-electron chi connectivity index (χ1n) is 5.42. The van der Waals surface area contributed by atoms with Gasteiger partial charge in [0.25, 0.3) is 0 Å². The van der Waals surface area contributed by atoms with Crippen LogP contribution < -0.4 is 10.1 Å². The predicted molar refractivity (Wildman–Crippen MR) is 77.8 cm³/mol. The number of amides is 1. The quantitative estimate of drug-likeness (QED) is 0.908. The normalized spacial score (nSPS) is 10.1. The third-order valence-corrected chi connectivity index (χ3v) is 2.95. The molecular weight excluding hydrogens is 332 g/mol. The molecule has 0 radical (unpaired) electrons. The van der Waals surface area contributed by atoms with Gasteiger partial charge in [-0.05, 0) is 34.1 Å². The SMILES string of the molecule is CC(=O)Nc1ccccc1Oc1ncc(Cl)cc1Br. The Labute approximate surface area is 123 Å². The van der Waals surface area contributed by atoms with E-state index in [4.69, 9.17) is 16.3 Å². The standard InChI is InChI=1S/C13H10BrClN2O2/c1-8(18)17-11-4-2-3-5-12(11)19-13-10(14)6-9(15)7-16-13/h2-7H,1H3,(H,17,18). The van der Waals surface area contributed by atoms with Crippen LogP contribution in [0.4, 0.5) is 5.69 Å². The highest BCUT2D eigenvalue weighted by Crippen LogP contribution is 2.33. The zero-order valence-electron chi connectivity index (χ0n) is 9.98. The number of benzene rings is 1. The molecule has 0 aliphatic carbocycles. The van der Waals surface area contributed by atoms with E-state index in [1.165, 1.54) is 13.1 Å². The van der Waals surface area contributed by atoms with E-state index in [1.54, 1.807) is 18.2 Å². The molecule has 1 N–H and O–H groups in total. The van der Waals surface area contributed by atoms with E-state index in [9.17, 15) is 4.79 Å². The Morgan fingerprint density at radius 1 is 1.42 bits per heavy atom. The van der Waals surface area contributed by atoms with Gasteiger partial charge in [0, 0.05) is 13.1 Å². The van der Waals surface area contributed by atoms with Crippen molar-refractivity contribution in [2.75, 3.05) is 5.32 Å². The van der Waals surface area contributed by atoms with Crippen LogP contribution in [0.1, 0.15) is 6.92 Å². The van der Waals surface area contributed by atoms with E-state index in [2.05, 4.69) is 26.2 Å². The monoisotopic (exact) mass is 340 g/mol. The fourth-order valence-electron chi connectivity index (χ4n) is 1.43.